The summed E-state index contributed by atoms with van der Waals surface area (Å²) in [6, 6.07) is 1.34. The summed E-state index contributed by atoms with van der Waals surface area (Å²) in [5.74, 6) is 5.30. The van der Waals surface area contributed by atoms with Crippen LogP contribution in [0.25, 0.3) is 0 Å². The van der Waals surface area contributed by atoms with Crippen LogP contribution in [0.5, 0.6) is 0 Å². The molecule has 0 aromatic carbocycles. The molecular formula is C12H14ClN5OS. The largest absolute Gasteiger partial charge is 0.343 e. The van der Waals surface area contributed by atoms with Gasteiger partial charge in [0, 0.05) is 17.3 Å². The smallest absolute Gasteiger partial charge is 0.253 e. The minimum Gasteiger partial charge on any atom is -0.343 e. The lowest BCUT2D eigenvalue weighted by Gasteiger charge is -2.11. The van der Waals surface area contributed by atoms with Crippen LogP contribution in [0.1, 0.15) is 33.2 Å². The number of aryl methyl sites for hydroxylation is 1. The zero-order valence-corrected chi connectivity index (χ0v) is 12.5. The maximum atomic E-state index is 12.1. The molecule has 106 valence electrons. The molecule has 0 aliphatic rings. The van der Waals surface area contributed by atoms with Gasteiger partial charge in [-0.1, -0.05) is 11.6 Å². The highest BCUT2D eigenvalue weighted by Gasteiger charge is 2.15. The number of amides is 1. The summed E-state index contributed by atoms with van der Waals surface area (Å²) >= 11 is 7.48. The number of nitrogens with zero attached hydrogens (tertiary/aromatic N) is 2. The Labute approximate surface area is 125 Å². The molecule has 0 radical (unpaired) electrons. The lowest BCUT2D eigenvalue weighted by Crippen LogP contribution is -2.26. The number of nitrogens with one attached hydrogen (secondary N) is 2. The van der Waals surface area contributed by atoms with Crippen LogP contribution in [-0.4, -0.2) is 15.9 Å². The van der Waals surface area contributed by atoms with Crippen LogP contribution in [-0.2, 0) is 0 Å². The molecule has 6 nitrogen and oxygen atoms in total. The van der Waals surface area contributed by atoms with Crippen LogP contribution in [0.4, 0.5) is 5.82 Å². The van der Waals surface area contributed by atoms with Gasteiger partial charge < -0.3 is 10.7 Å². The van der Waals surface area contributed by atoms with Gasteiger partial charge in [0.1, 0.15) is 5.01 Å². The Bertz CT molecular complexity index is 630. The third-order valence-electron chi connectivity index (χ3n) is 2.60. The highest BCUT2D eigenvalue weighted by Crippen LogP contribution is 2.21. The van der Waals surface area contributed by atoms with Gasteiger partial charge in [0.25, 0.3) is 5.91 Å². The van der Waals surface area contributed by atoms with Crippen LogP contribution in [0, 0.1) is 6.92 Å². The normalized spacial score (nSPS) is 12.0. The van der Waals surface area contributed by atoms with E-state index in [-0.39, 0.29) is 17.0 Å². The van der Waals surface area contributed by atoms with Crippen LogP contribution in [0.2, 0.25) is 5.02 Å². The molecule has 4 N–H and O–H groups in total. The fourth-order valence-corrected chi connectivity index (χ4v) is 2.58. The predicted molar refractivity (Wildman–Crippen MR) is 79.8 cm³/mol. The van der Waals surface area contributed by atoms with Crippen LogP contribution in [0.3, 0.4) is 0 Å². The summed E-state index contributed by atoms with van der Waals surface area (Å²) < 4.78 is 0. The fraction of sp³-hybridized carbons (Fsp3) is 0.250. The average Bonchev–Trinajstić information content (AvgIpc) is 2.85. The van der Waals surface area contributed by atoms with Gasteiger partial charge in [-0.25, -0.2) is 15.8 Å². The number of anilines is 1. The van der Waals surface area contributed by atoms with Crippen LogP contribution in [0.15, 0.2) is 18.5 Å². The molecule has 2 rings (SSSR count). The van der Waals surface area contributed by atoms with Crippen molar-refractivity contribution in [1.82, 2.24) is 15.3 Å². The Hall–Kier alpha value is -1.70. The minimum absolute atomic E-state index is 0.174. The molecule has 1 unspecified atom stereocenters. The fourth-order valence-electron chi connectivity index (χ4n) is 1.58. The number of nitrogen functional groups attached to an aromatic ring is 1. The van der Waals surface area contributed by atoms with E-state index in [0.29, 0.717) is 11.4 Å². The molecule has 2 heterocycles. The molecule has 0 spiro atoms. The maximum absolute atomic E-state index is 12.1. The van der Waals surface area contributed by atoms with E-state index in [4.69, 9.17) is 17.4 Å². The molecule has 0 saturated heterocycles. The van der Waals surface area contributed by atoms with Gasteiger partial charge in [-0.3, -0.25) is 4.79 Å². The van der Waals surface area contributed by atoms with Gasteiger partial charge in [0.05, 0.1) is 16.6 Å². The van der Waals surface area contributed by atoms with E-state index in [1.54, 1.807) is 17.5 Å². The number of carbonyl (C=O) groups excluding carboxylic acids is 1. The van der Waals surface area contributed by atoms with Gasteiger partial charge in [0.2, 0.25) is 0 Å². The van der Waals surface area contributed by atoms with E-state index < -0.39 is 0 Å². The van der Waals surface area contributed by atoms with Crippen molar-refractivity contribution >= 4 is 34.7 Å². The van der Waals surface area contributed by atoms with Crippen molar-refractivity contribution < 1.29 is 4.79 Å². The van der Waals surface area contributed by atoms with Crippen LogP contribution >= 0.6 is 22.9 Å². The van der Waals surface area contributed by atoms with Crippen LogP contribution < -0.4 is 16.6 Å². The molecule has 0 bridgehead atoms. The quantitative estimate of drug-likeness (QED) is 0.595. The number of nitrogens with two attached hydrogens (primary N) is 1. The number of aromatic nitrogens is 2. The molecule has 0 aliphatic carbocycles. The molecule has 8 heteroatoms. The predicted octanol–water partition coefficient (Wildman–Crippen LogP) is 2.28. The van der Waals surface area contributed by atoms with E-state index >= 15 is 0 Å². The lowest BCUT2D eigenvalue weighted by molar-refractivity contribution is 0.0939. The van der Waals surface area contributed by atoms with E-state index in [2.05, 4.69) is 20.7 Å². The standard InChI is InChI=1S/C12H14ClN5OS/c1-6-4-16-12(20-6)7(2)17-11(19)8-3-9(13)10(18-14)15-5-8/h3-5,7H,14H2,1-2H3,(H,15,18)(H,17,19). The molecule has 0 aliphatic heterocycles. The van der Waals surface area contributed by atoms with E-state index in [1.807, 2.05) is 13.8 Å². The molecule has 0 fully saturated rings. The topological polar surface area (TPSA) is 92.9 Å². The molecule has 2 aromatic rings. The molecular weight excluding hydrogens is 298 g/mol. The van der Waals surface area contributed by atoms with Crippen molar-refractivity contribution in [1.29, 1.82) is 0 Å². The highest BCUT2D eigenvalue weighted by atomic mass is 35.5. The van der Waals surface area contributed by atoms with Crippen molar-refractivity contribution in [3.8, 4) is 0 Å². The van der Waals surface area contributed by atoms with E-state index in [0.717, 1.165) is 9.88 Å². The number of rotatable bonds is 4. The first-order valence-electron chi connectivity index (χ1n) is 5.86. The summed E-state index contributed by atoms with van der Waals surface area (Å²) in [5, 5.41) is 4.00. The summed E-state index contributed by atoms with van der Waals surface area (Å²) in [7, 11) is 0. The Kier molecular flexibility index (Phi) is 4.53. The van der Waals surface area contributed by atoms with Crippen molar-refractivity contribution in [2.45, 2.75) is 19.9 Å². The summed E-state index contributed by atoms with van der Waals surface area (Å²) in [5.41, 5.74) is 2.72. The van der Waals surface area contributed by atoms with Crippen molar-refractivity contribution in [3.63, 3.8) is 0 Å². The van der Waals surface area contributed by atoms with Gasteiger partial charge in [0.15, 0.2) is 5.82 Å². The highest BCUT2D eigenvalue weighted by molar-refractivity contribution is 7.11. The maximum Gasteiger partial charge on any atom is 0.253 e. The average molecular weight is 312 g/mol. The third kappa shape index (κ3) is 3.24. The second kappa shape index (κ2) is 6.17. The lowest BCUT2D eigenvalue weighted by atomic mass is 10.2. The molecule has 1 atom stereocenters. The molecule has 0 saturated carbocycles. The third-order valence-corrected chi connectivity index (χ3v) is 3.98. The second-order valence-electron chi connectivity index (χ2n) is 4.20. The molecule has 2 aromatic heterocycles. The van der Waals surface area contributed by atoms with Gasteiger partial charge in [-0.2, -0.15) is 0 Å². The number of hydrazine groups is 1. The van der Waals surface area contributed by atoms with E-state index in [9.17, 15) is 4.79 Å². The number of pyridine rings is 1. The zero-order valence-electron chi connectivity index (χ0n) is 11.0. The Morgan fingerprint density at radius 3 is 2.75 bits per heavy atom. The summed E-state index contributed by atoms with van der Waals surface area (Å²) in [6.07, 6.45) is 3.19. The first-order valence-corrected chi connectivity index (χ1v) is 7.06. The Balaban J connectivity index is 2.10. The Morgan fingerprint density at radius 2 is 2.20 bits per heavy atom. The van der Waals surface area contributed by atoms with Crippen molar-refractivity contribution in [2.75, 3.05) is 5.43 Å². The molecule has 20 heavy (non-hydrogen) atoms. The second-order valence-corrected chi connectivity index (χ2v) is 5.88. The van der Waals surface area contributed by atoms with Crippen molar-refractivity contribution in [2.24, 2.45) is 5.84 Å². The number of thiazole rings is 1. The summed E-state index contributed by atoms with van der Waals surface area (Å²) in [6.45, 7) is 3.85. The number of halogens is 1. The first kappa shape index (κ1) is 14.7. The van der Waals surface area contributed by atoms with E-state index in [1.165, 1.54) is 12.3 Å². The van der Waals surface area contributed by atoms with Gasteiger partial charge in [-0.15, -0.1) is 11.3 Å². The first-order chi connectivity index (χ1) is 9.51. The van der Waals surface area contributed by atoms with Gasteiger partial charge in [-0.05, 0) is 19.9 Å². The van der Waals surface area contributed by atoms with Crippen molar-refractivity contribution in [3.05, 3.63) is 38.9 Å². The number of carbonyl (C=O) groups is 1. The monoisotopic (exact) mass is 311 g/mol. The minimum atomic E-state index is -0.261. The number of hydrogen-bond acceptors (Lipinski definition) is 6. The van der Waals surface area contributed by atoms with Gasteiger partial charge >= 0.3 is 0 Å². The summed E-state index contributed by atoms with van der Waals surface area (Å²) in [4.78, 5) is 21.4. The SMILES string of the molecule is Cc1cnc(C(C)NC(=O)c2cnc(NN)c(Cl)c2)s1. The zero-order chi connectivity index (χ0) is 14.7. The number of hydrogen-bond donors (Lipinski definition) is 3. The Morgan fingerprint density at radius 1 is 1.45 bits per heavy atom. The molecule has 1 amide bonds.